The number of hydrogen-bond acceptors (Lipinski definition) is 6. The highest BCUT2D eigenvalue weighted by Gasteiger charge is 2.13. The second-order valence-corrected chi connectivity index (χ2v) is 3.73. The minimum atomic E-state index is -1.25. The molecule has 0 aliphatic rings. The van der Waals surface area contributed by atoms with Gasteiger partial charge in [0.1, 0.15) is 5.00 Å². The Hall–Kier alpha value is -1.44. The molecule has 0 spiro atoms. The number of thiophene rings is 1. The number of aliphatic hydroxyl groups is 1. The van der Waals surface area contributed by atoms with Crippen LogP contribution >= 0.6 is 11.3 Å². The first-order chi connectivity index (χ1) is 7.04. The number of anilines is 1. The number of carbonyl (C=O) groups excluding carboxylic acids is 2. The van der Waals surface area contributed by atoms with Crippen molar-refractivity contribution in [2.45, 2.75) is 12.8 Å². The minimum absolute atomic E-state index is 0.00702. The third-order valence-electron chi connectivity index (χ3n) is 1.67. The standard InChI is InChI=1S/C8H11N3O3S/c9-6(13)1-4-3-15-7(5(4)2-12)11-8(10)14/h2-3,8,11,14H,1,10H2,(H2,9,13). The van der Waals surface area contributed by atoms with Gasteiger partial charge >= 0.3 is 0 Å². The van der Waals surface area contributed by atoms with E-state index in [4.69, 9.17) is 16.6 Å². The zero-order chi connectivity index (χ0) is 11.4. The number of carbonyl (C=O) groups is 2. The van der Waals surface area contributed by atoms with Crippen LogP contribution in [0.3, 0.4) is 0 Å². The van der Waals surface area contributed by atoms with Gasteiger partial charge in [-0.1, -0.05) is 0 Å². The molecule has 0 radical (unpaired) electrons. The molecule has 1 atom stereocenters. The third-order valence-corrected chi connectivity index (χ3v) is 2.65. The first-order valence-electron chi connectivity index (χ1n) is 4.08. The summed E-state index contributed by atoms with van der Waals surface area (Å²) in [5, 5.41) is 13.4. The highest BCUT2D eigenvalue weighted by atomic mass is 32.1. The van der Waals surface area contributed by atoms with Crippen molar-refractivity contribution in [3.8, 4) is 0 Å². The molecule has 1 rings (SSSR count). The summed E-state index contributed by atoms with van der Waals surface area (Å²) in [7, 11) is 0. The SMILES string of the molecule is NC(=O)Cc1csc(NC(N)O)c1C=O. The maximum Gasteiger partial charge on any atom is 0.221 e. The number of aldehydes is 1. The molecule has 1 aromatic heterocycles. The molecule has 1 heterocycles. The van der Waals surface area contributed by atoms with Gasteiger partial charge in [-0.15, -0.1) is 11.3 Å². The van der Waals surface area contributed by atoms with Gasteiger partial charge in [0.05, 0.1) is 12.0 Å². The Balaban J connectivity index is 2.94. The quantitative estimate of drug-likeness (QED) is 0.391. The number of nitrogens with one attached hydrogen (secondary N) is 1. The van der Waals surface area contributed by atoms with Crippen molar-refractivity contribution in [3.63, 3.8) is 0 Å². The zero-order valence-electron chi connectivity index (χ0n) is 7.77. The summed E-state index contributed by atoms with van der Waals surface area (Å²) in [5.41, 5.74) is 11.0. The number of primary amides is 1. The van der Waals surface area contributed by atoms with E-state index in [1.54, 1.807) is 5.38 Å². The molecule has 1 aromatic rings. The molecule has 0 bridgehead atoms. The summed E-state index contributed by atoms with van der Waals surface area (Å²) >= 11 is 1.18. The van der Waals surface area contributed by atoms with Crippen LogP contribution in [0.5, 0.6) is 0 Å². The Morgan fingerprint density at radius 2 is 2.40 bits per heavy atom. The molecule has 6 N–H and O–H groups in total. The van der Waals surface area contributed by atoms with Crippen LogP contribution < -0.4 is 16.8 Å². The molecular formula is C8H11N3O3S. The topological polar surface area (TPSA) is 118 Å². The molecular weight excluding hydrogens is 218 g/mol. The van der Waals surface area contributed by atoms with E-state index in [1.807, 2.05) is 0 Å². The largest absolute Gasteiger partial charge is 0.369 e. The average molecular weight is 229 g/mol. The van der Waals surface area contributed by atoms with E-state index in [9.17, 15) is 9.59 Å². The van der Waals surface area contributed by atoms with E-state index in [0.717, 1.165) is 0 Å². The monoisotopic (exact) mass is 229 g/mol. The van der Waals surface area contributed by atoms with Gasteiger partial charge in [0.2, 0.25) is 5.91 Å². The van der Waals surface area contributed by atoms with Crippen molar-refractivity contribution < 1.29 is 14.7 Å². The summed E-state index contributed by atoms with van der Waals surface area (Å²) in [6.07, 6.45) is -0.657. The third kappa shape index (κ3) is 3.01. The predicted molar refractivity (Wildman–Crippen MR) is 56.4 cm³/mol. The van der Waals surface area contributed by atoms with Crippen LogP contribution in [0.15, 0.2) is 5.38 Å². The molecule has 6 nitrogen and oxygen atoms in total. The second-order valence-electron chi connectivity index (χ2n) is 2.85. The molecule has 0 aliphatic heterocycles. The van der Waals surface area contributed by atoms with E-state index < -0.39 is 12.3 Å². The maximum atomic E-state index is 10.8. The molecule has 0 saturated heterocycles. The summed E-state index contributed by atoms with van der Waals surface area (Å²) in [6.45, 7) is 0. The lowest BCUT2D eigenvalue weighted by Crippen LogP contribution is -2.28. The van der Waals surface area contributed by atoms with Gasteiger partial charge in [0, 0.05) is 0 Å². The average Bonchev–Trinajstić information content (AvgIpc) is 2.45. The molecule has 0 aliphatic carbocycles. The van der Waals surface area contributed by atoms with Crippen molar-refractivity contribution in [2.75, 3.05) is 5.32 Å². The summed E-state index contributed by atoms with van der Waals surface area (Å²) in [4.78, 5) is 21.4. The van der Waals surface area contributed by atoms with Crippen molar-refractivity contribution in [1.29, 1.82) is 0 Å². The fourth-order valence-corrected chi connectivity index (χ4v) is 2.07. The lowest BCUT2D eigenvalue weighted by atomic mass is 10.1. The summed E-state index contributed by atoms with van der Waals surface area (Å²) in [5.74, 6) is -0.518. The fraction of sp³-hybridized carbons (Fsp3) is 0.250. The molecule has 0 saturated carbocycles. The maximum absolute atomic E-state index is 10.8. The van der Waals surface area contributed by atoms with Crippen molar-refractivity contribution in [1.82, 2.24) is 0 Å². The van der Waals surface area contributed by atoms with Gasteiger partial charge in [-0.25, -0.2) is 0 Å². The van der Waals surface area contributed by atoms with Crippen molar-refractivity contribution >= 4 is 28.5 Å². The van der Waals surface area contributed by atoms with Crippen LogP contribution in [0.4, 0.5) is 5.00 Å². The van der Waals surface area contributed by atoms with E-state index in [0.29, 0.717) is 22.4 Å². The summed E-state index contributed by atoms with van der Waals surface area (Å²) < 4.78 is 0. The smallest absolute Gasteiger partial charge is 0.221 e. The number of nitrogens with two attached hydrogens (primary N) is 2. The molecule has 1 amide bonds. The predicted octanol–water partition coefficient (Wildman–Crippen LogP) is -0.765. The van der Waals surface area contributed by atoms with Crippen LogP contribution in [0.2, 0.25) is 0 Å². The fourth-order valence-electron chi connectivity index (χ4n) is 1.10. The van der Waals surface area contributed by atoms with Crippen LogP contribution in [-0.4, -0.2) is 23.7 Å². The van der Waals surface area contributed by atoms with Crippen molar-refractivity contribution in [2.24, 2.45) is 11.5 Å². The molecule has 1 unspecified atom stereocenters. The number of amides is 1. The van der Waals surface area contributed by atoms with Gasteiger partial charge in [0.15, 0.2) is 12.6 Å². The van der Waals surface area contributed by atoms with Crippen molar-refractivity contribution in [3.05, 3.63) is 16.5 Å². The van der Waals surface area contributed by atoms with Crippen LogP contribution in [-0.2, 0) is 11.2 Å². The first kappa shape index (κ1) is 11.6. The highest BCUT2D eigenvalue weighted by Crippen LogP contribution is 2.27. The minimum Gasteiger partial charge on any atom is -0.369 e. The number of hydrogen-bond donors (Lipinski definition) is 4. The molecule has 0 fully saturated rings. The van der Waals surface area contributed by atoms with Gasteiger partial charge in [0.25, 0.3) is 0 Å². The van der Waals surface area contributed by atoms with Crippen LogP contribution in [0.25, 0.3) is 0 Å². The Kier molecular flexibility index (Phi) is 3.78. The lowest BCUT2D eigenvalue weighted by molar-refractivity contribution is -0.117. The Labute approximate surface area is 89.9 Å². The van der Waals surface area contributed by atoms with E-state index in [2.05, 4.69) is 5.32 Å². The van der Waals surface area contributed by atoms with E-state index in [-0.39, 0.29) is 6.42 Å². The van der Waals surface area contributed by atoms with Gasteiger partial charge in [-0.05, 0) is 10.9 Å². The van der Waals surface area contributed by atoms with Gasteiger partial charge < -0.3 is 16.2 Å². The molecule has 0 aromatic carbocycles. The number of aliphatic hydroxyl groups excluding tert-OH is 1. The highest BCUT2D eigenvalue weighted by molar-refractivity contribution is 7.14. The van der Waals surface area contributed by atoms with Gasteiger partial charge in [-0.2, -0.15) is 0 Å². The molecule has 15 heavy (non-hydrogen) atoms. The van der Waals surface area contributed by atoms with Crippen LogP contribution in [0, 0.1) is 0 Å². The second kappa shape index (κ2) is 4.87. The number of rotatable bonds is 5. The Morgan fingerprint density at radius 1 is 1.73 bits per heavy atom. The zero-order valence-corrected chi connectivity index (χ0v) is 8.58. The molecule has 7 heteroatoms. The van der Waals surface area contributed by atoms with Gasteiger partial charge in [-0.3, -0.25) is 15.3 Å². The Morgan fingerprint density at radius 3 is 2.87 bits per heavy atom. The Bertz CT molecular complexity index is 375. The normalized spacial score (nSPS) is 12.1. The van der Waals surface area contributed by atoms with Crippen LogP contribution in [0.1, 0.15) is 15.9 Å². The lowest BCUT2D eigenvalue weighted by Gasteiger charge is -2.07. The first-order valence-corrected chi connectivity index (χ1v) is 4.96. The van der Waals surface area contributed by atoms with E-state index in [1.165, 1.54) is 11.3 Å². The molecule has 82 valence electrons. The van der Waals surface area contributed by atoms with E-state index >= 15 is 0 Å². The summed E-state index contributed by atoms with van der Waals surface area (Å²) in [6, 6.07) is 0.